The highest BCUT2D eigenvalue weighted by atomic mass is 16.8. The van der Waals surface area contributed by atoms with Crippen LogP contribution in [0, 0.1) is 0 Å². The lowest BCUT2D eigenvalue weighted by Gasteiger charge is -2.26. The molecule has 8 N–H and O–H groups in total. The second kappa shape index (κ2) is 9.09. The highest BCUT2D eigenvalue weighted by Gasteiger charge is 2.51. The van der Waals surface area contributed by atoms with Gasteiger partial charge in [-0.25, -0.2) is 0 Å². The van der Waals surface area contributed by atoms with Crippen LogP contribution in [-0.4, -0.2) is 134 Å². The van der Waals surface area contributed by atoms with Crippen LogP contribution in [0.4, 0.5) is 0 Å². The Hall–Kier alpha value is -0.520. The summed E-state index contributed by atoms with van der Waals surface area (Å²) in [6, 6.07) is 0. The smallest absolute Gasteiger partial charge is 0.187 e. The molecule has 164 valence electrons. The Bertz CT molecular complexity index is 508. The third-order valence-corrected chi connectivity index (χ3v) is 5.03. The van der Waals surface area contributed by atoms with Crippen molar-refractivity contribution in [2.75, 3.05) is 19.8 Å². The Morgan fingerprint density at radius 1 is 0.607 bits per heavy atom. The summed E-state index contributed by atoms with van der Waals surface area (Å²) >= 11 is 0. The Morgan fingerprint density at radius 3 is 1.71 bits per heavy atom. The van der Waals surface area contributed by atoms with Crippen LogP contribution in [0.25, 0.3) is 0 Å². The van der Waals surface area contributed by atoms with E-state index in [-0.39, 0.29) is 6.61 Å². The molecule has 0 amide bonds. The van der Waals surface area contributed by atoms with Crippen LogP contribution in [0.5, 0.6) is 0 Å². The standard InChI is InChI=1S/C15H26O13/c16-1-4-7(18)11(22)14(26-4)28-12-9(20)5(2-17)27-15(12)24-3-6-8(19)10(21)13(23)25-6/h4-23H,1-3H2/t4-,5-,6-,7-,8-,9-,10+,11+,12+,13+,14+,15+/m1/s1. The molecule has 3 rings (SSSR count). The van der Waals surface area contributed by atoms with Gasteiger partial charge in [-0.3, -0.25) is 0 Å². The largest absolute Gasteiger partial charge is 0.394 e. The molecule has 3 heterocycles. The lowest BCUT2D eigenvalue weighted by Crippen LogP contribution is -2.44. The van der Waals surface area contributed by atoms with Crippen molar-refractivity contribution in [3.63, 3.8) is 0 Å². The van der Waals surface area contributed by atoms with Gasteiger partial charge in [0, 0.05) is 0 Å². The molecular formula is C15H26O13. The highest BCUT2D eigenvalue weighted by molar-refractivity contribution is 4.92. The van der Waals surface area contributed by atoms with Gasteiger partial charge in [-0.2, -0.15) is 0 Å². The first-order valence-electron chi connectivity index (χ1n) is 8.82. The van der Waals surface area contributed by atoms with Gasteiger partial charge >= 0.3 is 0 Å². The molecule has 12 atom stereocenters. The van der Waals surface area contributed by atoms with Crippen LogP contribution in [0.3, 0.4) is 0 Å². The highest BCUT2D eigenvalue weighted by Crippen LogP contribution is 2.31. The molecule has 0 spiro atoms. The van der Waals surface area contributed by atoms with E-state index in [1.165, 1.54) is 0 Å². The monoisotopic (exact) mass is 414 g/mol. The van der Waals surface area contributed by atoms with Crippen molar-refractivity contribution in [1.82, 2.24) is 0 Å². The third-order valence-electron chi connectivity index (χ3n) is 5.03. The van der Waals surface area contributed by atoms with Crippen LogP contribution in [0.15, 0.2) is 0 Å². The SMILES string of the molecule is OC[C@H]1O[C@@H](O[C@@H]2[C@@H](OC[C@H]3O[C@H](O)[C@@H](O)[C@@H]3O)O[C@H](CO)[C@H]2O)[C@@H](O)[C@@H]1O. The topological polar surface area (TPSA) is 208 Å². The van der Waals surface area contributed by atoms with E-state index in [9.17, 15) is 35.7 Å². The molecule has 0 radical (unpaired) electrons. The number of ether oxygens (including phenoxy) is 5. The first-order chi connectivity index (χ1) is 13.3. The van der Waals surface area contributed by atoms with Gasteiger partial charge in [0.15, 0.2) is 18.9 Å². The van der Waals surface area contributed by atoms with E-state index < -0.39 is 87.0 Å². The Balaban J connectivity index is 1.62. The van der Waals surface area contributed by atoms with E-state index in [0.29, 0.717) is 0 Å². The van der Waals surface area contributed by atoms with E-state index >= 15 is 0 Å². The fourth-order valence-electron chi connectivity index (χ4n) is 3.32. The Labute approximate surface area is 159 Å². The molecular weight excluding hydrogens is 388 g/mol. The summed E-state index contributed by atoms with van der Waals surface area (Å²) in [7, 11) is 0. The molecule has 3 saturated heterocycles. The summed E-state index contributed by atoms with van der Waals surface area (Å²) in [5, 5.41) is 77.2. The number of rotatable bonds is 7. The zero-order valence-corrected chi connectivity index (χ0v) is 14.7. The molecule has 0 aliphatic carbocycles. The number of hydrogen-bond acceptors (Lipinski definition) is 13. The van der Waals surface area contributed by atoms with E-state index in [0.717, 1.165) is 0 Å². The average Bonchev–Trinajstić information content (AvgIpc) is 3.23. The molecule has 3 aliphatic rings. The zero-order chi connectivity index (χ0) is 20.6. The van der Waals surface area contributed by atoms with Crippen LogP contribution in [0.1, 0.15) is 0 Å². The molecule has 0 unspecified atom stereocenters. The number of aliphatic hydroxyl groups excluding tert-OH is 8. The van der Waals surface area contributed by atoms with Crippen molar-refractivity contribution in [3.05, 3.63) is 0 Å². The maximum atomic E-state index is 10.3. The molecule has 0 aromatic heterocycles. The van der Waals surface area contributed by atoms with Crippen molar-refractivity contribution in [2.24, 2.45) is 0 Å². The average molecular weight is 414 g/mol. The van der Waals surface area contributed by atoms with Gasteiger partial charge in [-0.1, -0.05) is 0 Å². The maximum Gasteiger partial charge on any atom is 0.187 e. The van der Waals surface area contributed by atoms with E-state index in [4.69, 9.17) is 28.8 Å². The minimum Gasteiger partial charge on any atom is -0.394 e. The maximum absolute atomic E-state index is 10.3. The van der Waals surface area contributed by atoms with Crippen LogP contribution >= 0.6 is 0 Å². The summed E-state index contributed by atoms with van der Waals surface area (Å²) in [6.45, 7) is -1.50. The predicted octanol–water partition coefficient (Wildman–Crippen LogP) is -5.66. The minimum absolute atomic E-state index is 0.360. The molecule has 0 aromatic rings. The van der Waals surface area contributed by atoms with Crippen molar-refractivity contribution in [2.45, 2.75) is 73.8 Å². The van der Waals surface area contributed by atoms with Crippen molar-refractivity contribution < 1.29 is 64.5 Å². The third kappa shape index (κ3) is 4.17. The molecule has 13 heteroatoms. The zero-order valence-electron chi connectivity index (χ0n) is 14.7. The van der Waals surface area contributed by atoms with E-state index in [2.05, 4.69) is 0 Å². The first-order valence-corrected chi connectivity index (χ1v) is 8.82. The summed E-state index contributed by atoms with van der Waals surface area (Å²) in [5.41, 5.74) is 0. The normalized spacial score (nSPS) is 51.9. The Morgan fingerprint density at radius 2 is 1.18 bits per heavy atom. The van der Waals surface area contributed by atoms with Crippen LogP contribution in [0.2, 0.25) is 0 Å². The van der Waals surface area contributed by atoms with Gasteiger partial charge in [-0.05, 0) is 0 Å². The molecule has 0 bridgehead atoms. The molecule has 3 fully saturated rings. The quantitative estimate of drug-likeness (QED) is 0.196. The van der Waals surface area contributed by atoms with Gasteiger partial charge < -0.3 is 64.5 Å². The fraction of sp³-hybridized carbons (Fsp3) is 1.00. The second-order valence-electron chi connectivity index (χ2n) is 6.90. The number of aliphatic hydroxyl groups is 8. The molecule has 3 aliphatic heterocycles. The predicted molar refractivity (Wildman–Crippen MR) is 83.2 cm³/mol. The fourth-order valence-corrected chi connectivity index (χ4v) is 3.32. The lowest BCUT2D eigenvalue weighted by atomic mass is 10.1. The summed E-state index contributed by atoms with van der Waals surface area (Å²) < 4.78 is 26.4. The summed E-state index contributed by atoms with van der Waals surface area (Å²) in [5.74, 6) is 0. The van der Waals surface area contributed by atoms with Crippen LogP contribution < -0.4 is 0 Å². The minimum atomic E-state index is -1.59. The summed E-state index contributed by atoms with van der Waals surface area (Å²) in [4.78, 5) is 0. The van der Waals surface area contributed by atoms with Crippen molar-refractivity contribution in [3.8, 4) is 0 Å². The Kier molecular flexibility index (Phi) is 7.20. The van der Waals surface area contributed by atoms with Crippen molar-refractivity contribution >= 4 is 0 Å². The van der Waals surface area contributed by atoms with Crippen molar-refractivity contribution in [1.29, 1.82) is 0 Å². The first kappa shape index (κ1) is 22.2. The molecule has 28 heavy (non-hydrogen) atoms. The van der Waals surface area contributed by atoms with Gasteiger partial charge in [0.25, 0.3) is 0 Å². The molecule has 0 saturated carbocycles. The van der Waals surface area contributed by atoms with Gasteiger partial charge in [-0.15, -0.1) is 0 Å². The van der Waals surface area contributed by atoms with Gasteiger partial charge in [0.05, 0.1) is 19.8 Å². The van der Waals surface area contributed by atoms with Gasteiger partial charge in [0.1, 0.15) is 54.9 Å². The second-order valence-corrected chi connectivity index (χ2v) is 6.90. The molecule has 13 nitrogen and oxygen atoms in total. The lowest BCUT2D eigenvalue weighted by molar-refractivity contribution is -0.253. The van der Waals surface area contributed by atoms with Crippen LogP contribution in [-0.2, 0) is 23.7 Å². The number of hydrogen-bond donors (Lipinski definition) is 8. The summed E-state index contributed by atoms with van der Waals surface area (Å²) in [6.07, 6.45) is -16.1. The van der Waals surface area contributed by atoms with E-state index in [1.807, 2.05) is 0 Å². The van der Waals surface area contributed by atoms with Gasteiger partial charge in [0.2, 0.25) is 0 Å². The van der Waals surface area contributed by atoms with E-state index in [1.54, 1.807) is 0 Å². The molecule has 0 aromatic carbocycles.